The number of carbonyl (C=O) groups excluding carboxylic acids is 3. The zero-order valence-electron chi connectivity index (χ0n) is 15.9. The molecular formula is C20H24BrN3O3. The number of likely N-dealkylation sites (tertiary alicyclic amines) is 1. The summed E-state index contributed by atoms with van der Waals surface area (Å²) in [5.41, 5.74) is 0.237. The van der Waals surface area contributed by atoms with Gasteiger partial charge in [-0.1, -0.05) is 36.7 Å². The summed E-state index contributed by atoms with van der Waals surface area (Å²) >= 11 is 3.48. The van der Waals surface area contributed by atoms with Gasteiger partial charge in [0.15, 0.2) is 0 Å². The Morgan fingerprint density at radius 2 is 1.89 bits per heavy atom. The lowest BCUT2D eigenvalue weighted by Gasteiger charge is -2.31. The third-order valence-electron chi connectivity index (χ3n) is 6.40. The Labute approximate surface area is 167 Å². The van der Waals surface area contributed by atoms with E-state index in [0.29, 0.717) is 12.1 Å². The van der Waals surface area contributed by atoms with E-state index >= 15 is 0 Å². The van der Waals surface area contributed by atoms with Crippen molar-refractivity contribution in [2.75, 3.05) is 5.32 Å². The van der Waals surface area contributed by atoms with Gasteiger partial charge in [0.05, 0.1) is 11.8 Å². The minimum atomic E-state index is -1.20. The Morgan fingerprint density at radius 1 is 1.19 bits per heavy atom. The highest BCUT2D eigenvalue weighted by atomic mass is 79.9. The number of nitrogens with zero attached hydrogens (tertiary/aromatic N) is 1. The zero-order valence-corrected chi connectivity index (χ0v) is 17.5. The van der Waals surface area contributed by atoms with Crippen molar-refractivity contribution < 1.29 is 14.4 Å². The van der Waals surface area contributed by atoms with Gasteiger partial charge in [0.2, 0.25) is 17.7 Å². The van der Waals surface area contributed by atoms with E-state index < -0.39 is 17.4 Å². The normalized spacial score (nSPS) is 33.0. The van der Waals surface area contributed by atoms with Crippen LogP contribution in [0.25, 0.3) is 0 Å². The average molecular weight is 434 g/mol. The van der Waals surface area contributed by atoms with Gasteiger partial charge in [-0.3, -0.25) is 24.6 Å². The number of nitrogens with one attached hydrogen (secondary N) is 2. The molecule has 0 radical (unpaired) electrons. The van der Waals surface area contributed by atoms with Crippen LogP contribution < -0.4 is 10.6 Å². The summed E-state index contributed by atoms with van der Waals surface area (Å²) in [5.74, 6) is -1.78. The highest BCUT2D eigenvalue weighted by molar-refractivity contribution is 9.10. The molecule has 4 rings (SSSR count). The predicted octanol–water partition coefficient (Wildman–Crippen LogP) is 2.62. The van der Waals surface area contributed by atoms with E-state index in [1.165, 1.54) is 4.90 Å². The Morgan fingerprint density at radius 3 is 2.52 bits per heavy atom. The number of fused-ring (bicyclic) bond motifs is 4. The van der Waals surface area contributed by atoms with E-state index in [1.54, 1.807) is 0 Å². The molecule has 27 heavy (non-hydrogen) atoms. The quantitative estimate of drug-likeness (QED) is 0.718. The van der Waals surface area contributed by atoms with E-state index in [4.69, 9.17) is 0 Å². The van der Waals surface area contributed by atoms with E-state index in [1.807, 2.05) is 45.9 Å². The molecule has 6 nitrogen and oxygen atoms in total. The van der Waals surface area contributed by atoms with Crippen molar-refractivity contribution in [3.05, 3.63) is 28.2 Å². The number of amides is 3. The summed E-state index contributed by atoms with van der Waals surface area (Å²) in [6.07, 6.45) is 0.692. The van der Waals surface area contributed by atoms with Gasteiger partial charge in [0.25, 0.3) is 0 Å². The van der Waals surface area contributed by atoms with Crippen LogP contribution in [0.15, 0.2) is 22.7 Å². The van der Waals surface area contributed by atoms with Crippen LogP contribution in [0.3, 0.4) is 0 Å². The van der Waals surface area contributed by atoms with Gasteiger partial charge in [-0.25, -0.2) is 0 Å². The lowest BCUT2D eigenvalue weighted by atomic mass is 9.76. The number of hydrogen-bond acceptors (Lipinski definition) is 4. The fourth-order valence-electron chi connectivity index (χ4n) is 4.92. The minimum absolute atomic E-state index is 0.106. The molecule has 1 aromatic rings. The van der Waals surface area contributed by atoms with Crippen LogP contribution in [-0.4, -0.2) is 34.7 Å². The first-order valence-electron chi connectivity index (χ1n) is 9.50. The Kier molecular flexibility index (Phi) is 4.23. The molecule has 5 atom stereocenters. The number of anilines is 1. The molecule has 0 aliphatic carbocycles. The summed E-state index contributed by atoms with van der Waals surface area (Å²) in [6, 6.07) is 5.16. The highest BCUT2D eigenvalue weighted by Gasteiger charge is 2.71. The number of hydrogen-bond donors (Lipinski definition) is 2. The van der Waals surface area contributed by atoms with Crippen molar-refractivity contribution in [3.8, 4) is 0 Å². The van der Waals surface area contributed by atoms with Crippen LogP contribution in [0.4, 0.5) is 5.69 Å². The first-order valence-corrected chi connectivity index (χ1v) is 10.3. The molecule has 7 heteroatoms. The Balaban J connectivity index is 1.92. The van der Waals surface area contributed by atoms with Crippen molar-refractivity contribution in [2.24, 2.45) is 17.8 Å². The molecule has 3 aliphatic heterocycles. The molecule has 0 saturated carbocycles. The van der Waals surface area contributed by atoms with Gasteiger partial charge in [-0.15, -0.1) is 0 Å². The first kappa shape index (κ1) is 18.6. The fraction of sp³-hybridized carbons (Fsp3) is 0.550. The SMILES string of the molecule is CC[C@H](C)N1C(=O)[C@@H]2[C@@H](C(C)C)N[C@@]3(C(=O)Nc4ccc(Br)cc43)[C@@H]2C1=O. The summed E-state index contributed by atoms with van der Waals surface area (Å²) in [4.78, 5) is 41.3. The minimum Gasteiger partial charge on any atom is -0.324 e. The maximum absolute atomic E-state index is 13.4. The number of halogens is 1. The molecule has 3 aliphatic rings. The van der Waals surface area contributed by atoms with Gasteiger partial charge in [-0.2, -0.15) is 0 Å². The van der Waals surface area contributed by atoms with Crippen LogP contribution in [0, 0.1) is 17.8 Å². The van der Waals surface area contributed by atoms with Crippen LogP contribution in [0.1, 0.15) is 39.7 Å². The van der Waals surface area contributed by atoms with E-state index in [-0.39, 0.29) is 35.7 Å². The highest BCUT2D eigenvalue weighted by Crippen LogP contribution is 2.54. The second-order valence-electron chi connectivity index (χ2n) is 8.17. The van der Waals surface area contributed by atoms with Crippen LogP contribution in [0.2, 0.25) is 0 Å². The molecule has 1 aromatic carbocycles. The standard InChI is InChI=1S/C20H24BrN3O3/c1-5-10(4)24-17(25)14-15(18(24)26)20(23-16(14)9(2)3)12-8-11(21)6-7-13(12)22-19(20)27/h6-10,14-16,23H,5H2,1-4H3,(H,22,27)/t10-,14-,15-,16+,20+/m0/s1. The molecule has 144 valence electrons. The second kappa shape index (κ2) is 6.14. The van der Waals surface area contributed by atoms with Gasteiger partial charge < -0.3 is 5.32 Å². The van der Waals surface area contributed by atoms with Crippen LogP contribution in [0.5, 0.6) is 0 Å². The first-order chi connectivity index (χ1) is 12.7. The molecule has 0 unspecified atom stereocenters. The van der Waals surface area contributed by atoms with Crippen molar-refractivity contribution in [3.63, 3.8) is 0 Å². The van der Waals surface area contributed by atoms with Gasteiger partial charge >= 0.3 is 0 Å². The monoisotopic (exact) mass is 433 g/mol. The molecule has 2 saturated heterocycles. The molecule has 3 heterocycles. The predicted molar refractivity (Wildman–Crippen MR) is 105 cm³/mol. The number of rotatable bonds is 3. The summed E-state index contributed by atoms with van der Waals surface area (Å²) < 4.78 is 0.832. The summed E-state index contributed by atoms with van der Waals surface area (Å²) in [7, 11) is 0. The Hall–Kier alpha value is -1.73. The molecule has 2 fully saturated rings. The van der Waals surface area contributed by atoms with E-state index in [0.717, 1.165) is 10.0 Å². The van der Waals surface area contributed by atoms with Crippen LogP contribution in [-0.2, 0) is 19.9 Å². The molecule has 3 amide bonds. The maximum Gasteiger partial charge on any atom is 0.250 e. The number of imide groups is 1. The van der Waals surface area contributed by atoms with Crippen molar-refractivity contribution in [2.45, 2.75) is 51.7 Å². The smallest absolute Gasteiger partial charge is 0.250 e. The topological polar surface area (TPSA) is 78.5 Å². The number of carbonyl (C=O) groups is 3. The van der Waals surface area contributed by atoms with Crippen molar-refractivity contribution >= 4 is 39.3 Å². The van der Waals surface area contributed by atoms with Crippen LogP contribution >= 0.6 is 15.9 Å². The van der Waals surface area contributed by atoms with Gasteiger partial charge in [0.1, 0.15) is 5.54 Å². The number of benzene rings is 1. The third-order valence-corrected chi connectivity index (χ3v) is 6.89. The molecular weight excluding hydrogens is 410 g/mol. The molecule has 1 spiro atoms. The van der Waals surface area contributed by atoms with Gasteiger partial charge in [-0.05, 0) is 37.5 Å². The average Bonchev–Trinajstić information content (AvgIpc) is 3.20. The molecule has 0 aromatic heterocycles. The second-order valence-corrected chi connectivity index (χ2v) is 9.09. The largest absolute Gasteiger partial charge is 0.324 e. The Bertz CT molecular complexity index is 855. The third kappa shape index (κ3) is 2.30. The van der Waals surface area contributed by atoms with Gasteiger partial charge in [0, 0.05) is 27.8 Å². The molecule has 0 bridgehead atoms. The molecule has 2 N–H and O–H groups in total. The lowest BCUT2D eigenvalue weighted by Crippen LogP contribution is -2.54. The zero-order chi connectivity index (χ0) is 19.7. The summed E-state index contributed by atoms with van der Waals surface area (Å²) in [5, 5.41) is 6.36. The fourth-order valence-corrected chi connectivity index (χ4v) is 5.28. The van der Waals surface area contributed by atoms with E-state index in [2.05, 4.69) is 26.6 Å². The lowest BCUT2D eigenvalue weighted by molar-refractivity contribution is -0.145. The van der Waals surface area contributed by atoms with E-state index in [9.17, 15) is 14.4 Å². The van der Waals surface area contributed by atoms with Crippen molar-refractivity contribution in [1.29, 1.82) is 0 Å². The maximum atomic E-state index is 13.4. The van der Waals surface area contributed by atoms with Crippen molar-refractivity contribution in [1.82, 2.24) is 10.2 Å². The summed E-state index contributed by atoms with van der Waals surface area (Å²) in [6.45, 7) is 7.89.